The summed E-state index contributed by atoms with van der Waals surface area (Å²) in [5, 5.41) is 23.4. The highest BCUT2D eigenvalue weighted by atomic mass is 35.5. The quantitative estimate of drug-likeness (QED) is 0.294. The Kier molecular flexibility index (Phi) is 6.21. The van der Waals surface area contributed by atoms with E-state index in [4.69, 9.17) is 20.8 Å². The summed E-state index contributed by atoms with van der Waals surface area (Å²) < 4.78 is 10.8. The predicted octanol–water partition coefficient (Wildman–Crippen LogP) is 3.52. The molecule has 4 N–H and O–H groups in total. The third-order valence-corrected chi connectivity index (χ3v) is 5.76. The van der Waals surface area contributed by atoms with Crippen molar-refractivity contribution in [3.05, 3.63) is 69.2 Å². The molecule has 0 radical (unpaired) electrons. The molecule has 1 amide bonds. The van der Waals surface area contributed by atoms with Crippen LogP contribution in [0.4, 0.5) is 0 Å². The second-order valence-electron chi connectivity index (χ2n) is 7.93. The van der Waals surface area contributed by atoms with Crippen molar-refractivity contribution in [2.24, 2.45) is 0 Å². The number of aromatic hydroxyl groups is 1. The van der Waals surface area contributed by atoms with E-state index < -0.39 is 29.6 Å². The maximum atomic E-state index is 12.7. The number of aryl methyl sites for hydroxylation is 1. The lowest BCUT2D eigenvalue weighted by molar-refractivity contribution is -0.142. The van der Waals surface area contributed by atoms with Crippen molar-refractivity contribution >= 4 is 45.3 Å². The van der Waals surface area contributed by atoms with Crippen LogP contribution in [-0.4, -0.2) is 39.2 Å². The van der Waals surface area contributed by atoms with Crippen LogP contribution < -0.4 is 15.7 Å². The Morgan fingerprint density at radius 3 is 2.71 bits per heavy atom. The Morgan fingerprint density at radius 2 is 1.97 bits per heavy atom. The monoisotopic (exact) mass is 484 g/mol. The number of benzene rings is 2. The van der Waals surface area contributed by atoms with Gasteiger partial charge in [-0.25, -0.2) is 9.59 Å². The van der Waals surface area contributed by atoms with E-state index in [9.17, 15) is 24.6 Å². The van der Waals surface area contributed by atoms with Crippen LogP contribution in [0.15, 0.2) is 51.8 Å². The number of carbonyl (C=O) groups is 2. The third kappa shape index (κ3) is 4.69. The van der Waals surface area contributed by atoms with Crippen molar-refractivity contribution in [1.82, 2.24) is 10.3 Å². The number of rotatable bonds is 7. The normalized spacial score (nSPS) is 13.0. The molecular weight excluding hydrogens is 464 g/mol. The number of ether oxygens (including phenoxy) is 1. The molecule has 4 aromatic rings. The second kappa shape index (κ2) is 9.11. The number of hydrogen-bond donors (Lipinski definition) is 4. The first-order valence-corrected chi connectivity index (χ1v) is 10.7. The molecule has 2 atom stereocenters. The van der Waals surface area contributed by atoms with Gasteiger partial charge in [0.15, 0.2) is 6.10 Å². The molecule has 2 aromatic carbocycles. The van der Waals surface area contributed by atoms with E-state index >= 15 is 0 Å². The third-order valence-electron chi connectivity index (χ3n) is 5.47. The molecule has 0 saturated carbocycles. The van der Waals surface area contributed by atoms with Gasteiger partial charge < -0.3 is 29.7 Å². The summed E-state index contributed by atoms with van der Waals surface area (Å²) in [6.45, 7) is 3.19. The number of amides is 1. The van der Waals surface area contributed by atoms with E-state index in [0.29, 0.717) is 21.9 Å². The van der Waals surface area contributed by atoms with Gasteiger partial charge in [-0.1, -0.05) is 11.6 Å². The molecule has 0 saturated heterocycles. The van der Waals surface area contributed by atoms with Crippen LogP contribution >= 0.6 is 11.6 Å². The summed E-state index contributed by atoms with van der Waals surface area (Å²) in [5.41, 5.74) is 1.75. The number of hydrogen-bond acceptors (Lipinski definition) is 6. The number of fused-ring (bicyclic) bond motifs is 2. The lowest BCUT2D eigenvalue weighted by Gasteiger charge is -2.19. The molecule has 10 heteroatoms. The standard InChI is InChI=1S/C24H21ClN2O7/c1-11-5-22(29)34-20-9-21(17(25)8-15(11)20)33-12(2)23(30)27-19(24(31)32)6-13-10-26-18-4-3-14(28)7-16(13)18/h3-5,7-10,12,19,26,28H,6H2,1-2H3,(H,27,30)(H,31,32)/t12-,19+/m1/s1. The number of phenolic OH excluding ortho intramolecular Hbond substituents is 1. The number of aromatic nitrogens is 1. The summed E-state index contributed by atoms with van der Waals surface area (Å²) in [6, 6.07) is 7.81. The fourth-order valence-corrected chi connectivity index (χ4v) is 3.91. The van der Waals surface area contributed by atoms with Crippen LogP contribution in [0.3, 0.4) is 0 Å². The van der Waals surface area contributed by atoms with E-state index in [-0.39, 0.29) is 28.5 Å². The number of halogens is 1. The van der Waals surface area contributed by atoms with Crippen molar-refractivity contribution in [3.8, 4) is 11.5 Å². The summed E-state index contributed by atoms with van der Waals surface area (Å²) in [6.07, 6.45) is 0.523. The van der Waals surface area contributed by atoms with E-state index in [1.54, 1.807) is 25.3 Å². The van der Waals surface area contributed by atoms with Crippen molar-refractivity contribution < 1.29 is 29.0 Å². The molecular formula is C24H21ClN2O7. The number of nitrogens with one attached hydrogen (secondary N) is 2. The zero-order chi connectivity index (χ0) is 24.6. The number of H-pyrrole nitrogens is 1. The fraction of sp³-hybridized carbons (Fsp3) is 0.208. The molecule has 0 fully saturated rings. The first-order valence-electron chi connectivity index (χ1n) is 10.3. The number of aliphatic carboxylic acids is 1. The highest BCUT2D eigenvalue weighted by Gasteiger charge is 2.26. The number of carbonyl (C=O) groups excluding carboxylic acids is 1. The number of carboxylic acids is 1. The SMILES string of the molecule is Cc1cc(=O)oc2cc(O[C@H](C)C(=O)N[C@@H](Cc3c[nH]c4ccc(O)cc34)C(=O)O)c(Cl)cc12. The molecule has 0 aliphatic rings. The lowest BCUT2D eigenvalue weighted by Crippen LogP contribution is -2.47. The van der Waals surface area contributed by atoms with E-state index in [2.05, 4.69) is 10.3 Å². The minimum absolute atomic E-state index is 0.0155. The van der Waals surface area contributed by atoms with Crippen LogP contribution in [0.25, 0.3) is 21.9 Å². The number of phenols is 1. The molecule has 4 rings (SSSR count). The molecule has 2 heterocycles. The molecule has 9 nitrogen and oxygen atoms in total. The zero-order valence-corrected chi connectivity index (χ0v) is 19.0. The maximum absolute atomic E-state index is 12.7. The largest absolute Gasteiger partial charge is 0.508 e. The highest BCUT2D eigenvalue weighted by molar-refractivity contribution is 6.32. The van der Waals surface area contributed by atoms with Gasteiger partial charge in [-0.2, -0.15) is 0 Å². The van der Waals surface area contributed by atoms with Gasteiger partial charge in [0, 0.05) is 41.0 Å². The van der Waals surface area contributed by atoms with Gasteiger partial charge in [0.05, 0.1) is 5.02 Å². The first kappa shape index (κ1) is 23.2. The lowest BCUT2D eigenvalue weighted by atomic mass is 10.0. The van der Waals surface area contributed by atoms with Gasteiger partial charge in [0.25, 0.3) is 5.91 Å². The average Bonchev–Trinajstić information content (AvgIpc) is 3.16. The van der Waals surface area contributed by atoms with Crippen molar-refractivity contribution in [2.45, 2.75) is 32.4 Å². The van der Waals surface area contributed by atoms with E-state index in [1.165, 1.54) is 31.2 Å². The van der Waals surface area contributed by atoms with Crippen LogP contribution in [0.1, 0.15) is 18.1 Å². The number of carboxylic acid groups (broad SMARTS) is 1. The summed E-state index contributed by atoms with van der Waals surface area (Å²) in [4.78, 5) is 39.2. The summed E-state index contributed by atoms with van der Waals surface area (Å²) in [7, 11) is 0. The molecule has 0 aliphatic heterocycles. The Labute approximate surface area is 197 Å². The van der Waals surface area contributed by atoms with Crippen LogP contribution in [0.2, 0.25) is 5.02 Å². The number of aromatic amines is 1. The molecule has 0 unspecified atom stereocenters. The molecule has 34 heavy (non-hydrogen) atoms. The van der Waals surface area contributed by atoms with E-state index in [1.807, 2.05) is 0 Å². The summed E-state index contributed by atoms with van der Waals surface area (Å²) in [5.74, 6) is -1.73. The van der Waals surface area contributed by atoms with Crippen molar-refractivity contribution in [1.29, 1.82) is 0 Å². The molecule has 0 aliphatic carbocycles. The van der Waals surface area contributed by atoms with E-state index in [0.717, 1.165) is 5.52 Å². The smallest absolute Gasteiger partial charge is 0.336 e. The van der Waals surface area contributed by atoms with Gasteiger partial charge in [0.1, 0.15) is 23.1 Å². The summed E-state index contributed by atoms with van der Waals surface area (Å²) >= 11 is 6.29. The first-order chi connectivity index (χ1) is 16.1. The van der Waals surface area contributed by atoms with Gasteiger partial charge in [0.2, 0.25) is 0 Å². The van der Waals surface area contributed by atoms with Gasteiger partial charge in [-0.15, -0.1) is 0 Å². The minimum Gasteiger partial charge on any atom is -0.508 e. The molecule has 2 aromatic heterocycles. The minimum atomic E-state index is -1.24. The fourth-order valence-electron chi connectivity index (χ4n) is 3.70. The Hall–Kier alpha value is -3.98. The molecule has 0 spiro atoms. The molecule has 0 bridgehead atoms. The highest BCUT2D eigenvalue weighted by Crippen LogP contribution is 2.31. The van der Waals surface area contributed by atoms with Crippen molar-refractivity contribution in [2.75, 3.05) is 0 Å². The zero-order valence-electron chi connectivity index (χ0n) is 18.2. The Balaban J connectivity index is 1.51. The van der Waals surface area contributed by atoms with Crippen LogP contribution in [0, 0.1) is 6.92 Å². The second-order valence-corrected chi connectivity index (χ2v) is 8.34. The predicted molar refractivity (Wildman–Crippen MR) is 126 cm³/mol. The Morgan fingerprint density at radius 1 is 1.21 bits per heavy atom. The maximum Gasteiger partial charge on any atom is 0.336 e. The average molecular weight is 485 g/mol. The van der Waals surface area contributed by atoms with Crippen LogP contribution in [0.5, 0.6) is 11.5 Å². The van der Waals surface area contributed by atoms with Crippen molar-refractivity contribution in [3.63, 3.8) is 0 Å². The molecule has 176 valence electrons. The van der Waals surface area contributed by atoms with Gasteiger partial charge in [-0.05, 0) is 49.2 Å². The van der Waals surface area contributed by atoms with Crippen LogP contribution in [-0.2, 0) is 16.0 Å². The Bertz CT molecular complexity index is 1470. The van der Waals surface area contributed by atoms with Gasteiger partial charge >= 0.3 is 11.6 Å². The van der Waals surface area contributed by atoms with Gasteiger partial charge in [-0.3, -0.25) is 4.79 Å². The topological polar surface area (TPSA) is 142 Å².